The van der Waals surface area contributed by atoms with Crippen LogP contribution < -0.4 is 10.6 Å². The van der Waals surface area contributed by atoms with Crippen molar-refractivity contribution in [1.29, 1.82) is 0 Å². The van der Waals surface area contributed by atoms with Crippen LogP contribution in [0.15, 0.2) is 47.6 Å². The van der Waals surface area contributed by atoms with Gasteiger partial charge in [-0.15, -0.1) is 0 Å². The van der Waals surface area contributed by atoms with Crippen molar-refractivity contribution in [3.63, 3.8) is 0 Å². The minimum absolute atomic E-state index is 0.00370. The van der Waals surface area contributed by atoms with Crippen molar-refractivity contribution in [3.05, 3.63) is 58.5 Å². The Morgan fingerprint density at radius 2 is 1.79 bits per heavy atom. The van der Waals surface area contributed by atoms with Crippen molar-refractivity contribution < 1.29 is 28.7 Å². The number of methoxy groups -OCH3 is 1. The Morgan fingerprint density at radius 1 is 1.05 bits per heavy atom. The summed E-state index contributed by atoms with van der Waals surface area (Å²) in [6.45, 7) is 4.17. The van der Waals surface area contributed by atoms with Gasteiger partial charge in [-0.3, -0.25) is 9.59 Å². The number of hydrogen-bond donors (Lipinski definition) is 2. The fourth-order valence-electron chi connectivity index (χ4n) is 5.03. The van der Waals surface area contributed by atoms with Crippen LogP contribution in [0, 0.1) is 0 Å². The number of fused-ring (bicyclic) bond motifs is 1. The normalized spacial score (nSPS) is 17.5. The molecular formula is C30H40N6O6. The average molecular weight is 581 g/mol. The van der Waals surface area contributed by atoms with E-state index in [0.29, 0.717) is 19.3 Å². The number of ether oxygens (including phenoxy) is 2. The van der Waals surface area contributed by atoms with E-state index >= 15 is 0 Å². The number of azide groups is 1. The zero-order valence-corrected chi connectivity index (χ0v) is 24.5. The van der Waals surface area contributed by atoms with E-state index < -0.39 is 48.0 Å². The molecule has 226 valence electrons. The number of amides is 3. The molecule has 0 radical (unpaired) electrons. The quantitative estimate of drug-likeness (QED) is 0.111. The SMILES string of the molecule is CCCCOC(=O)N[C@@H](CCCC)C(=O)N1C[C@@H](N=[N+]=[N-])C[C@H]1C(=O)N[C@@H](Cc1ccc2ccccc2c1)C(=O)OC. The lowest BCUT2D eigenvalue weighted by molar-refractivity contribution is -0.146. The summed E-state index contributed by atoms with van der Waals surface area (Å²) in [6, 6.07) is 9.99. The number of carbonyl (C=O) groups excluding carboxylic acids is 4. The Labute approximate surface area is 245 Å². The van der Waals surface area contributed by atoms with Gasteiger partial charge in [0, 0.05) is 17.9 Å². The maximum absolute atomic E-state index is 13.7. The monoisotopic (exact) mass is 580 g/mol. The van der Waals surface area contributed by atoms with Crippen LogP contribution >= 0.6 is 0 Å². The van der Waals surface area contributed by atoms with Gasteiger partial charge in [-0.05, 0) is 41.1 Å². The molecule has 12 heteroatoms. The lowest BCUT2D eigenvalue weighted by Gasteiger charge is -2.29. The van der Waals surface area contributed by atoms with Crippen molar-refractivity contribution in [2.45, 2.75) is 83.0 Å². The second kappa shape index (κ2) is 16.2. The fourth-order valence-corrected chi connectivity index (χ4v) is 5.03. The Hall–Kier alpha value is -4.31. The van der Waals surface area contributed by atoms with E-state index in [4.69, 9.17) is 15.0 Å². The Kier molecular flexibility index (Phi) is 12.4. The summed E-state index contributed by atoms with van der Waals surface area (Å²) >= 11 is 0. The summed E-state index contributed by atoms with van der Waals surface area (Å²) in [5, 5.41) is 11.2. The van der Waals surface area contributed by atoms with Gasteiger partial charge < -0.3 is 25.0 Å². The molecule has 0 unspecified atom stereocenters. The smallest absolute Gasteiger partial charge is 0.407 e. The summed E-state index contributed by atoms with van der Waals surface area (Å²) in [7, 11) is 1.24. The summed E-state index contributed by atoms with van der Waals surface area (Å²) < 4.78 is 10.2. The fraction of sp³-hybridized carbons (Fsp3) is 0.533. The number of nitrogens with one attached hydrogen (secondary N) is 2. The average Bonchev–Trinajstić information content (AvgIpc) is 3.42. The number of hydrogen-bond acceptors (Lipinski definition) is 7. The summed E-state index contributed by atoms with van der Waals surface area (Å²) in [5.41, 5.74) is 9.85. The molecule has 4 atom stereocenters. The van der Waals surface area contributed by atoms with Gasteiger partial charge in [0.05, 0.1) is 19.8 Å². The van der Waals surface area contributed by atoms with Crippen molar-refractivity contribution in [1.82, 2.24) is 15.5 Å². The van der Waals surface area contributed by atoms with Crippen LogP contribution in [0.3, 0.4) is 0 Å². The van der Waals surface area contributed by atoms with Crippen molar-refractivity contribution >= 4 is 34.6 Å². The zero-order chi connectivity index (χ0) is 30.5. The first-order valence-corrected chi connectivity index (χ1v) is 14.4. The van der Waals surface area contributed by atoms with Crippen LogP contribution in [-0.4, -0.2) is 73.2 Å². The summed E-state index contributed by atoms with van der Waals surface area (Å²) in [4.78, 5) is 56.7. The highest BCUT2D eigenvalue weighted by Crippen LogP contribution is 2.24. The van der Waals surface area contributed by atoms with Gasteiger partial charge in [0.15, 0.2) is 0 Å². The molecule has 1 aliphatic heterocycles. The van der Waals surface area contributed by atoms with Crippen LogP contribution in [0.4, 0.5) is 4.79 Å². The third-order valence-corrected chi connectivity index (χ3v) is 7.30. The maximum Gasteiger partial charge on any atom is 0.407 e. The third kappa shape index (κ3) is 8.84. The minimum Gasteiger partial charge on any atom is -0.467 e. The molecule has 42 heavy (non-hydrogen) atoms. The highest BCUT2D eigenvalue weighted by molar-refractivity contribution is 5.94. The molecule has 1 heterocycles. The van der Waals surface area contributed by atoms with Gasteiger partial charge in [-0.2, -0.15) is 0 Å². The number of rotatable bonds is 14. The van der Waals surface area contributed by atoms with Crippen LogP contribution in [0.2, 0.25) is 0 Å². The first-order chi connectivity index (χ1) is 20.3. The second-order valence-corrected chi connectivity index (χ2v) is 10.4. The largest absolute Gasteiger partial charge is 0.467 e. The number of carbonyl (C=O) groups is 4. The van der Waals surface area contributed by atoms with Gasteiger partial charge >= 0.3 is 12.1 Å². The minimum atomic E-state index is -1.02. The van der Waals surface area contributed by atoms with Gasteiger partial charge in [0.25, 0.3) is 0 Å². The third-order valence-electron chi connectivity index (χ3n) is 7.30. The van der Waals surface area contributed by atoms with E-state index in [-0.39, 0.29) is 26.0 Å². The number of benzene rings is 2. The number of unbranched alkanes of at least 4 members (excludes halogenated alkanes) is 2. The number of esters is 1. The maximum atomic E-state index is 13.7. The topological polar surface area (TPSA) is 163 Å². The van der Waals surface area contributed by atoms with E-state index in [1.54, 1.807) is 0 Å². The lowest BCUT2D eigenvalue weighted by atomic mass is 10.0. The first kappa shape index (κ1) is 32.2. The molecule has 0 aliphatic carbocycles. The molecule has 1 saturated heterocycles. The van der Waals surface area contributed by atoms with Crippen LogP contribution in [0.5, 0.6) is 0 Å². The Morgan fingerprint density at radius 3 is 2.48 bits per heavy atom. The van der Waals surface area contributed by atoms with E-state index in [2.05, 4.69) is 20.7 Å². The predicted molar refractivity (Wildman–Crippen MR) is 157 cm³/mol. The molecular weight excluding hydrogens is 540 g/mol. The lowest BCUT2D eigenvalue weighted by Crippen LogP contribution is -2.55. The van der Waals surface area contributed by atoms with Crippen LogP contribution in [0.25, 0.3) is 21.2 Å². The molecule has 2 aromatic carbocycles. The number of nitrogens with zero attached hydrogens (tertiary/aromatic N) is 4. The summed E-state index contributed by atoms with van der Waals surface area (Å²) in [6.07, 6.45) is 2.89. The molecule has 1 aliphatic rings. The highest BCUT2D eigenvalue weighted by Gasteiger charge is 2.42. The second-order valence-electron chi connectivity index (χ2n) is 10.4. The van der Waals surface area contributed by atoms with Crippen LogP contribution in [-0.2, 0) is 30.3 Å². The molecule has 12 nitrogen and oxygen atoms in total. The Bertz CT molecular complexity index is 1300. The highest BCUT2D eigenvalue weighted by atomic mass is 16.5. The van der Waals surface area contributed by atoms with E-state index in [1.807, 2.05) is 56.3 Å². The molecule has 0 saturated carbocycles. The molecule has 1 fully saturated rings. The standard InChI is InChI=1S/C30H40N6O6/c1-4-6-12-24(33-30(40)42-15-7-5-2)28(38)36-19-23(34-35-31)18-26(36)27(37)32-25(29(39)41-3)17-20-13-14-21-10-8-9-11-22(21)16-20/h8-11,13-14,16,23-26H,4-7,12,15,17-19H2,1-3H3,(H,32,37)(H,33,40)/t23-,24-,25-,26-/m0/s1. The first-order valence-electron chi connectivity index (χ1n) is 14.4. The molecule has 3 rings (SSSR count). The van der Waals surface area contributed by atoms with E-state index in [9.17, 15) is 19.2 Å². The molecule has 0 aromatic heterocycles. The predicted octanol–water partition coefficient (Wildman–Crippen LogP) is 4.41. The van der Waals surface area contributed by atoms with Crippen molar-refractivity contribution in [3.8, 4) is 0 Å². The van der Waals surface area contributed by atoms with Crippen molar-refractivity contribution in [2.24, 2.45) is 5.11 Å². The van der Waals surface area contributed by atoms with Gasteiger partial charge in [0.1, 0.15) is 18.1 Å². The molecule has 0 bridgehead atoms. The number of likely N-dealkylation sites (tertiary alicyclic amines) is 1. The van der Waals surface area contributed by atoms with Gasteiger partial charge in [-0.25, -0.2) is 9.59 Å². The molecule has 0 spiro atoms. The summed E-state index contributed by atoms with van der Waals surface area (Å²) in [5.74, 6) is -1.68. The molecule has 3 amide bonds. The zero-order valence-electron chi connectivity index (χ0n) is 24.5. The Balaban J connectivity index is 1.80. The van der Waals surface area contributed by atoms with Crippen LogP contribution in [0.1, 0.15) is 57.9 Å². The van der Waals surface area contributed by atoms with E-state index in [1.165, 1.54) is 12.0 Å². The molecule has 2 N–H and O–H groups in total. The van der Waals surface area contributed by atoms with Gasteiger partial charge in [0.2, 0.25) is 11.8 Å². The molecule has 2 aromatic rings. The van der Waals surface area contributed by atoms with Crippen molar-refractivity contribution in [2.75, 3.05) is 20.3 Å². The van der Waals surface area contributed by atoms with Gasteiger partial charge in [-0.1, -0.05) is 80.7 Å². The number of alkyl carbamates (subject to hydrolysis) is 1. The van der Waals surface area contributed by atoms with E-state index in [0.717, 1.165) is 29.2 Å².